The predicted octanol–water partition coefficient (Wildman–Crippen LogP) is 2.18. The Morgan fingerprint density at radius 1 is 1.78 bits per heavy atom. The van der Waals surface area contributed by atoms with Gasteiger partial charge in [-0.3, -0.25) is 0 Å². The number of hydrogen-bond donors (Lipinski definition) is 0. The maximum absolute atomic E-state index is 10.5. The van der Waals surface area contributed by atoms with E-state index in [9.17, 15) is 4.79 Å². The van der Waals surface area contributed by atoms with Crippen LogP contribution in [0.5, 0.6) is 0 Å². The molecule has 1 heteroatoms. The number of allylic oxidation sites excluding steroid dienone is 1. The molecule has 0 spiro atoms. The van der Waals surface area contributed by atoms with Crippen LogP contribution in [0.1, 0.15) is 26.7 Å². The largest absolute Gasteiger partial charge is 0.300 e. The Kier molecular flexibility index (Phi) is 4.02. The SMILES string of the molecule is C=CCC(C)CC(C)=O. The molecule has 0 saturated heterocycles. The zero-order chi connectivity index (χ0) is 7.28. The molecule has 0 aliphatic rings. The first-order valence-corrected chi connectivity index (χ1v) is 3.27. The lowest BCUT2D eigenvalue weighted by atomic mass is 10.0. The van der Waals surface area contributed by atoms with Crippen LogP contribution in [-0.2, 0) is 4.79 Å². The van der Waals surface area contributed by atoms with Gasteiger partial charge in [-0.05, 0) is 19.3 Å². The summed E-state index contributed by atoms with van der Waals surface area (Å²) >= 11 is 0. The van der Waals surface area contributed by atoms with Crippen LogP contribution in [0.3, 0.4) is 0 Å². The van der Waals surface area contributed by atoms with Gasteiger partial charge in [0.05, 0.1) is 0 Å². The van der Waals surface area contributed by atoms with Crippen molar-refractivity contribution < 1.29 is 4.79 Å². The third kappa shape index (κ3) is 5.28. The summed E-state index contributed by atoms with van der Waals surface area (Å²) in [6, 6.07) is 0. The van der Waals surface area contributed by atoms with Gasteiger partial charge in [-0.2, -0.15) is 0 Å². The summed E-state index contributed by atoms with van der Waals surface area (Å²) in [5.74, 6) is 0.740. The maximum Gasteiger partial charge on any atom is 0.130 e. The molecule has 0 aliphatic carbocycles. The normalized spacial score (nSPS) is 12.7. The number of carbonyl (C=O) groups excluding carboxylic acids is 1. The smallest absolute Gasteiger partial charge is 0.130 e. The van der Waals surface area contributed by atoms with Crippen molar-refractivity contribution in [3.05, 3.63) is 12.7 Å². The summed E-state index contributed by atoms with van der Waals surface area (Å²) in [5, 5.41) is 0. The first-order valence-electron chi connectivity index (χ1n) is 3.27. The minimum absolute atomic E-state index is 0.268. The summed E-state index contributed by atoms with van der Waals surface area (Å²) in [5.41, 5.74) is 0. The van der Waals surface area contributed by atoms with E-state index in [1.807, 2.05) is 6.08 Å². The van der Waals surface area contributed by atoms with Crippen molar-refractivity contribution in [2.75, 3.05) is 0 Å². The Hall–Kier alpha value is -0.590. The molecule has 0 fully saturated rings. The number of rotatable bonds is 4. The molecule has 0 aromatic heterocycles. The molecule has 1 nitrogen and oxygen atoms in total. The molecular formula is C8H14O. The summed E-state index contributed by atoms with van der Waals surface area (Å²) in [4.78, 5) is 10.5. The van der Waals surface area contributed by atoms with Crippen molar-refractivity contribution in [3.63, 3.8) is 0 Å². The van der Waals surface area contributed by atoms with E-state index in [0.29, 0.717) is 12.3 Å². The number of ketones is 1. The minimum Gasteiger partial charge on any atom is -0.300 e. The van der Waals surface area contributed by atoms with E-state index in [1.165, 1.54) is 0 Å². The molecule has 9 heavy (non-hydrogen) atoms. The molecule has 0 aromatic rings. The van der Waals surface area contributed by atoms with Gasteiger partial charge >= 0.3 is 0 Å². The van der Waals surface area contributed by atoms with E-state index in [-0.39, 0.29) is 5.78 Å². The predicted molar refractivity (Wildman–Crippen MR) is 39.3 cm³/mol. The van der Waals surface area contributed by atoms with Crippen LogP contribution in [0.15, 0.2) is 12.7 Å². The minimum atomic E-state index is 0.268. The van der Waals surface area contributed by atoms with Crippen LogP contribution in [0, 0.1) is 5.92 Å². The lowest BCUT2D eigenvalue weighted by Gasteiger charge is -2.02. The maximum atomic E-state index is 10.5. The van der Waals surface area contributed by atoms with Crippen molar-refractivity contribution in [2.45, 2.75) is 26.7 Å². The third-order valence-electron chi connectivity index (χ3n) is 1.20. The molecule has 0 saturated carbocycles. The number of hydrogen-bond acceptors (Lipinski definition) is 1. The first-order chi connectivity index (χ1) is 4.16. The van der Waals surface area contributed by atoms with Gasteiger partial charge in [0.15, 0.2) is 0 Å². The van der Waals surface area contributed by atoms with Crippen molar-refractivity contribution in [1.29, 1.82) is 0 Å². The fourth-order valence-electron chi connectivity index (χ4n) is 0.859. The molecule has 1 unspecified atom stereocenters. The highest BCUT2D eigenvalue weighted by Gasteiger charge is 2.01. The zero-order valence-corrected chi connectivity index (χ0v) is 6.18. The standard InChI is InChI=1S/C8H14O/c1-4-5-7(2)6-8(3)9/h4,7H,1,5-6H2,2-3H3. The Morgan fingerprint density at radius 2 is 2.33 bits per heavy atom. The first kappa shape index (κ1) is 8.41. The Balaban J connectivity index is 3.37. The van der Waals surface area contributed by atoms with E-state index < -0.39 is 0 Å². The molecule has 0 aliphatic heterocycles. The van der Waals surface area contributed by atoms with Gasteiger partial charge in [0.25, 0.3) is 0 Å². The van der Waals surface area contributed by atoms with Gasteiger partial charge in [0, 0.05) is 6.42 Å². The fraction of sp³-hybridized carbons (Fsp3) is 0.625. The number of Topliss-reactive ketones (excluding diaryl/α,β-unsaturated/α-hetero) is 1. The van der Waals surface area contributed by atoms with E-state index in [4.69, 9.17) is 0 Å². The lowest BCUT2D eigenvalue weighted by Crippen LogP contribution is -1.99. The number of carbonyl (C=O) groups is 1. The fourth-order valence-corrected chi connectivity index (χ4v) is 0.859. The molecule has 0 N–H and O–H groups in total. The van der Waals surface area contributed by atoms with E-state index in [2.05, 4.69) is 13.5 Å². The highest BCUT2D eigenvalue weighted by Crippen LogP contribution is 2.07. The van der Waals surface area contributed by atoms with Crippen molar-refractivity contribution in [3.8, 4) is 0 Å². The van der Waals surface area contributed by atoms with Crippen molar-refractivity contribution >= 4 is 5.78 Å². The van der Waals surface area contributed by atoms with Crippen LogP contribution < -0.4 is 0 Å². The Bertz CT molecular complexity index is 105. The molecule has 0 bridgehead atoms. The van der Waals surface area contributed by atoms with Gasteiger partial charge in [-0.1, -0.05) is 13.0 Å². The Morgan fingerprint density at radius 3 is 2.67 bits per heavy atom. The monoisotopic (exact) mass is 126 g/mol. The van der Waals surface area contributed by atoms with Gasteiger partial charge in [-0.25, -0.2) is 0 Å². The summed E-state index contributed by atoms with van der Waals surface area (Å²) in [6.45, 7) is 7.28. The van der Waals surface area contributed by atoms with Crippen LogP contribution in [0.2, 0.25) is 0 Å². The molecule has 0 amide bonds. The van der Waals surface area contributed by atoms with Crippen LogP contribution in [-0.4, -0.2) is 5.78 Å². The van der Waals surface area contributed by atoms with Gasteiger partial charge < -0.3 is 4.79 Å². The van der Waals surface area contributed by atoms with Crippen LogP contribution in [0.25, 0.3) is 0 Å². The molecule has 0 heterocycles. The highest BCUT2D eigenvalue weighted by molar-refractivity contribution is 5.75. The topological polar surface area (TPSA) is 17.1 Å². The molecular weight excluding hydrogens is 112 g/mol. The van der Waals surface area contributed by atoms with E-state index in [1.54, 1.807) is 6.92 Å². The average Bonchev–Trinajstić information content (AvgIpc) is 1.63. The van der Waals surface area contributed by atoms with Gasteiger partial charge in [-0.15, -0.1) is 6.58 Å². The van der Waals surface area contributed by atoms with Gasteiger partial charge in [0.2, 0.25) is 0 Å². The van der Waals surface area contributed by atoms with Crippen LogP contribution >= 0.6 is 0 Å². The molecule has 0 radical (unpaired) electrons. The average molecular weight is 126 g/mol. The second kappa shape index (κ2) is 4.30. The molecule has 0 rings (SSSR count). The lowest BCUT2D eigenvalue weighted by molar-refractivity contribution is -0.117. The van der Waals surface area contributed by atoms with Crippen molar-refractivity contribution in [2.24, 2.45) is 5.92 Å². The van der Waals surface area contributed by atoms with E-state index >= 15 is 0 Å². The van der Waals surface area contributed by atoms with Crippen LogP contribution in [0.4, 0.5) is 0 Å². The third-order valence-corrected chi connectivity index (χ3v) is 1.20. The molecule has 52 valence electrons. The molecule has 0 aromatic carbocycles. The molecule has 1 atom stereocenters. The second-order valence-corrected chi connectivity index (χ2v) is 2.54. The van der Waals surface area contributed by atoms with E-state index in [0.717, 1.165) is 6.42 Å². The second-order valence-electron chi connectivity index (χ2n) is 2.54. The quantitative estimate of drug-likeness (QED) is 0.528. The summed E-state index contributed by atoms with van der Waals surface area (Å²) < 4.78 is 0. The highest BCUT2D eigenvalue weighted by atomic mass is 16.1. The summed E-state index contributed by atoms with van der Waals surface area (Å²) in [6.07, 6.45) is 3.49. The zero-order valence-electron chi connectivity index (χ0n) is 6.18. The summed E-state index contributed by atoms with van der Waals surface area (Å²) in [7, 11) is 0. The van der Waals surface area contributed by atoms with Crippen molar-refractivity contribution in [1.82, 2.24) is 0 Å². The van der Waals surface area contributed by atoms with Gasteiger partial charge in [0.1, 0.15) is 5.78 Å². The Labute approximate surface area is 56.8 Å².